The zero-order valence-corrected chi connectivity index (χ0v) is 20.2. The summed E-state index contributed by atoms with van der Waals surface area (Å²) < 4.78 is 27.2. The van der Waals surface area contributed by atoms with Gasteiger partial charge in [0.25, 0.3) is 5.91 Å². The lowest BCUT2D eigenvalue weighted by Crippen LogP contribution is -2.44. The van der Waals surface area contributed by atoms with Gasteiger partial charge in [0.1, 0.15) is 5.69 Å². The zero-order valence-electron chi connectivity index (χ0n) is 18.5. The fraction of sp³-hybridized carbons (Fsp3) is 0.750. The first-order valence-electron chi connectivity index (χ1n) is 10.7. The van der Waals surface area contributed by atoms with Gasteiger partial charge in [0.2, 0.25) is 15.9 Å². The van der Waals surface area contributed by atoms with Crippen molar-refractivity contribution in [2.24, 2.45) is 18.9 Å². The van der Waals surface area contributed by atoms with E-state index in [-0.39, 0.29) is 30.1 Å². The average molecular weight is 474 g/mol. The number of amides is 2. The Morgan fingerprint density at radius 2 is 1.87 bits per heavy atom. The third kappa shape index (κ3) is 4.21. The second-order valence-corrected chi connectivity index (χ2v) is 11.0. The highest BCUT2D eigenvalue weighted by atomic mass is 35.5. The van der Waals surface area contributed by atoms with E-state index in [1.165, 1.54) is 12.8 Å². The number of rotatable bonds is 5. The molecule has 0 spiro atoms. The van der Waals surface area contributed by atoms with Gasteiger partial charge < -0.3 is 4.90 Å². The van der Waals surface area contributed by atoms with Crippen molar-refractivity contribution in [3.8, 4) is 0 Å². The Bertz CT molecular complexity index is 957. The molecular weight excluding hydrogens is 442 g/mol. The predicted molar refractivity (Wildman–Crippen MR) is 118 cm³/mol. The summed E-state index contributed by atoms with van der Waals surface area (Å²) >= 11 is 0. The Labute approximate surface area is 190 Å². The molecule has 4 heterocycles. The molecule has 11 heteroatoms. The number of fused-ring (bicyclic) bond motifs is 1. The highest BCUT2D eigenvalue weighted by molar-refractivity contribution is 7.88. The molecular formula is C20H32ClN5O4S. The monoisotopic (exact) mass is 473 g/mol. The second-order valence-electron chi connectivity index (χ2n) is 9.14. The number of likely N-dealkylation sites (tertiary alicyclic amines) is 2. The molecule has 0 N–H and O–H groups in total. The first-order chi connectivity index (χ1) is 14.1. The van der Waals surface area contributed by atoms with Crippen LogP contribution in [0.1, 0.15) is 49.3 Å². The van der Waals surface area contributed by atoms with Crippen LogP contribution in [0.3, 0.4) is 0 Å². The molecule has 3 fully saturated rings. The van der Waals surface area contributed by atoms with Crippen LogP contribution < -0.4 is 0 Å². The largest absolute Gasteiger partial charge is 0.331 e. The lowest BCUT2D eigenvalue weighted by Gasteiger charge is -2.29. The quantitative estimate of drug-likeness (QED) is 0.635. The van der Waals surface area contributed by atoms with Gasteiger partial charge in [0, 0.05) is 20.1 Å². The molecule has 0 saturated carbocycles. The molecule has 4 rings (SSSR count). The van der Waals surface area contributed by atoms with Crippen molar-refractivity contribution in [2.45, 2.75) is 51.7 Å². The summed E-state index contributed by atoms with van der Waals surface area (Å²) in [6.45, 7) is 7.07. The minimum Gasteiger partial charge on any atom is -0.331 e. The van der Waals surface area contributed by atoms with Gasteiger partial charge in [-0.25, -0.2) is 12.7 Å². The van der Waals surface area contributed by atoms with Crippen molar-refractivity contribution in [1.82, 2.24) is 23.9 Å². The van der Waals surface area contributed by atoms with Crippen molar-refractivity contribution in [2.75, 3.05) is 25.9 Å². The highest BCUT2D eigenvalue weighted by Gasteiger charge is 2.58. The van der Waals surface area contributed by atoms with Gasteiger partial charge in [-0.2, -0.15) is 5.10 Å². The summed E-state index contributed by atoms with van der Waals surface area (Å²) in [6, 6.07) is 0.918. The van der Waals surface area contributed by atoms with Gasteiger partial charge in [-0.1, -0.05) is 13.8 Å². The van der Waals surface area contributed by atoms with E-state index in [1.54, 1.807) is 16.6 Å². The number of carbonyl (C=O) groups is 2. The molecule has 3 atom stereocenters. The molecule has 0 bridgehead atoms. The van der Waals surface area contributed by atoms with E-state index >= 15 is 0 Å². The van der Waals surface area contributed by atoms with Crippen LogP contribution in [0, 0.1) is 11.8 Å². The molecule has 2 amide bonds. The van der Waals surface area contributed by atoms with Crippen molar-refractivity contribution in [3.63, 3.8) is 0 Å². The molecule has 0 radical (unpaired) electrons. The summed E-state index contributed by atoms with van der Waals surface area (Å²) in [5.74, 6) is -1.16. The van der Waals surface area contributed by atoms with Gasteiger partial charge in [-0.05, 0) is 44.3 Å². The molecule has 9 nitrogen and oxygen atoms in total. The minimum absolute atomic E-state index is 0. The van der Waals surface area contributed by atoms with E-state index < -0.39 is 28.0 Å². The van der Waals surface area contributed by atoms with Crippen LogP contribution >= 0.6 is 12.4 Å². The smallest absolute Gasteiger partial charge is 0.272 e. The third-order valence-electron chi connectivity index (χ3n) is 6.66. The normalized spacial score (nSPS) is 26.6. The lowest BCUT2D eigenvalue weighted by atomic mass is 9.88. The molecule has 3 aliphatic rings. The number of hydrogen-bond acceptors (Lipinski definition) is 6. The standard InChI is InChI=1S/C20H31N5O4S.ClH/c1-13(2)17-18-15(25(20(17)27)30(4,28)29)7-10-24(18)19(26)16-11-14(21-22(16)3)12-23-8-5-6-9-23;/h11,13,15,17-18H,5-10,12H2,1-4H3;1H/t15-,17+,18-;/m0./s1. The van der Waals surface area contributed by atoms with E-state index in [4.69, 9.17) is 0 Å². The second kappa shape index (κ2) is 8.71. The first-order valence-corrected chi connectivity index (χ1v) is 12.5. The summed E-state index contributed by atoms with van der Waals surface area (Å²) in [7, 11) is -1.92. The SMILES string of the molecule is CC(C)[C@H]1C(=O)N(S(C)(=O)=O)[C@H]2CCN(C(=O)c3cc(CN4CCCC4)nn3C)[C@H]12.Cl. The fourth-order valence-electron chi connectivity index (χ4n) is 5.39. The molecule has 0 aromatic carbocycles. The van der Waals surface area contributed by atoms with E-state index in [9.17, 15) is 18.0 Å². The number of hydrogen-bond donors (Lipinski definition) is 0. The molecule has 174 valence electrons. The van der Waals surface area contributed by atoms with E-state index in [0.29, 0.717) is 18.7 Å². The number of nitrogens with zero attached hydrogens (tertiary/aromatic N) is 5. The van der Waals surface area contributed by atoms with E-state index in [2.05, 4.69) is 10.00 Å². The third-order valence-corrected chi connectivity index (χ3v) is 7.83. The molecule has 31 heavy (non-hydrogen) atoms. The van der Waals surface area contributed by atoms with Crippen LogP contribution in [-0.2, 0) is 28.4 Å². The maximum Gasteiger partial charge on any atom is 0.272 e. The van der Waals surface area contributed by atoms with Crippen molar-refractivity contribution in [1.29, 1.82) is 0 Å². The predicted octanol–water partition coefficient (Wildman–Crippen LogP) is 1.09. The Balaban J connectivity index is 0.00000272. The summed E-state index contributed by atoms with van der Waals surface area (Å²) in [4.78, 5) is 30.5. The van der Waals surface area contributed by atoms with Crippen LogP contribution in [0.25, 0.3) is 0 Å². The summed E-state index contributed by atoms with van der Waals surface area (Å²) in [5, 5.41) is 4.53. The number of aryl methyl sites for hydroxylation is 1. The number of sulfonamides is 1. The van der Waals surface area contributed by atoms with Crippen LogP contribution in [0.5, 0.6) is 0 Å². The Morgan fingerprint density at radius 3 is 2.45 bits per heavy atom. The molecule has 3 saturated heterocycles. The molecule has 1 aromatic heterocycles. The van der Waals surface area contributed by atoms with Crippen molar-refractivity contribution < 1.29 is 18.0 Å². The Morgan fingerprint density at radius 1 is 1.23 bits per heavy atom. The fourth-order valence-corrected chi connectivity index (χ4v) is 6.56. The van der Waals surface area contributed by atoms with Gasteiger partial charge in [-0.3, -0.25) is 19.2 Å². The molecule has 3 aliphatic heterocycles. The topological polar surface area (TPSA) is 95.8 Å². The molecule has 0 aliphatic carbocycles. The van der Waals surface area contributed by atoms with Gasteiger partial charge in [0.15, 0.2) is 0 Å². The summed E-state index contributed by atoms with van der Waals surface area (Å²) in [6.07, 6.45) is 3.92. The first kappa shape index (κ1) is 24.0. The Kier molecular flexibility index (Phi) is 6.74. The number of aromatic nitrogens is 2. The van der Waals surface area contributed by atoms with Gasteiger partial charge >= 0.3 is 0 Å². The average Bonchev–Trinajstić information content (AvgIpc) is 3.38. The molecule has 1 aromatic rings. The van der Waals surface area contributed by atoms with Gasteiger partial charge in [0.05, 0.1) is 30.0 Å². The van der Waals surface area contributed by atoms with Crippen LogP contribution in [0.4, 0.5) is 0 Å². The highest BCUT2D eigenvalue weighted by Crippen LogP contribution is 2.41. The van der Waals surface area contributed by atoms with Crippen molar-refractivity contribution >= 4 is 34.2 Å². The van der Waals surface area contributed by atoms with E-state index in [0.717, 1.165) is 35.9 Å². The van der Waals surface area contributed by atoms with Gasteiger partial charge in [-0.15, -0.1) is 12.4 Å². The van der Waals surface area contributed by atoms with E-state index in [1.807, 2.05) is 19.9 Å². The van der Waals surface area contributed by atoms with Crippen LogP contribution in [0.15, 0.2) is 6.07 Å². The number of halogens is 1. The maximum absolute atomic E-state index is 13.5. The molecule has 0 unspecified atom stereocenters. The lowest BCUT2D eigenvalue weighted by molar-refractivity contribution is -0.129. The van der Waals surface area contributed by atoms with Crippen molar-refractivity contribution in [3.05, 3.63) is 17.5 Å². The van der Waals surface area contributed by atoms with Crippen LogP contribution in [-0.4, -0.2) is 82.1 Å². The minimum atomic E-state index is -3.68. The Hall–Kier alpha value is -1.65. The number of carbonyl (C=O) groups excluding carboxylic acids is 2. The zero-order chi connectivity index (χ0) is 21.8. The summed E-state index contributed by atoms with van der Waals surface area (Å²) in [5.41, 5.74) is 1.34. The van der Waals surface area contributed by atoms with Crippen LogP contribution in [0.2, 0.25) is 0 Å². The maximum atomic E-state index is 13.5.